The number of phenolic OH excluding ortho intramolecular Hbond substituents is 1. The summed E-state index contributed by atoms with van der Waals surface area (Å²) in [7, 11) is 0. The molecule has 0 aliphatic heterocycles. The number of ether oxygens (including phenoxy) is 1. The van der Waals surface area contributed by atoms with Crippen molar-refractivity contribution in [2.45, 2.75) is 6.92 Å². The highest BCUT2D eigenvalue weighted by Gasteiger charge is 2.28. The molecule has 6 rings (SSSR count). The van der Waals surface area contributed by atoms with Crippen LogP contribution in [0.1, 0.15) is 17.3 Å². The molecule has 0 atom stereocenters. The Morgan fingerprint density at radius 1 is 0.771 bits per heavy atom. The second kappa shape index (κ2) is 8.33. The molecule has 6 aromatic rings. The van der Waals surface area contributed by atoms with Crippen LogP contribution in [-0.4, -0.2) is 22.2 Å². The summed E-state index contributed by atoms with van der Waals surface area (Å²) in [6.45, 7) is 2.06. The summed E-state index contributed by atoms with van der Waals surface area (Å²) in [5.41, 5.74) is 3.89. The first kappa shape index (κ1) is 21.0. The van der Waals surface area contributed by atoms with Crippen molar-refractivity contribution in [2.75, 3.05) is 6.61 Å². The average molecular weight is 458 g/mol. The first-order valence-electron chi connectivity index (χ1n) is 11.7. The van der Waals surface area contributed by atoms with Gasteiger partial charge in [0.15, 0.2) is 0 Å². The van der Waals surface area contributed by atoms with Gasteiger partial charge in [0, 0.05) is 21.5 Å². The Bertz CT molecular complexity index is 1730. The summed E-state index contributed by atoms with van der Waals surface area (Å²) >= 11 is 0. The van der Waals surface area contributed by atoms with Crippen LogP contribution in [0.5, 0.6) is 5.75 Å². The molecule has 170 valence electrons. The fraction of sp³-hybridized carbons (Fsp3) is 0.0645. The van der Waals surface area contributed by atoms with E-state index in [1.807, 2.05) is 72.8 Å². The molecule has 0 unspecified atom stereocenters. The van der Waals surface area contributed by atoms with Crippen molar-refractivity contribution in [3.05, 3.63) is 109 Å². The van der Waals surface area contributed by atoms with Crippen molar-refractivity contribution in [1.82, 2.24) is 4.57 Å². The highest BCUT2D eigenvalue weighted by molar-refractivity contribution is 6.20. The first-order chi connectivity index (χ1) is 17.2. The van der Waals surface area contributed by atoms with Crippen LogP contribution in [0.4, 0.5) is 0 Å². The molecular weight excluding hydrogens is 434 g/mol. The van der Waals surface area contributed by atoms with E-state index < -0.39 is 5.97 Å². The number of aromatic hydroxyl groups is 1. The lowest BCUT2D eigenvalue weighted by molar-refractivity contribution is 0.0529. The van der Waals surface area contributed by atoms with E-state index >= 15 is 0 Å². The van der Waals surface area contributed by atoms with Crippen LogP contribution in [0.15, 0.2) is 103 Å². The molecule has 0 amide bonds. The fourth-order valence-electron chi connectivity index (χ4n) is 5.05. The largest absolute Gasteiger partial charge is 0.507 e. The minimum atomic E-state index is -0.412. The molecule has 0 aliphatic rings. The molecule has 0 bridgehead atoms. The lowest BCUT2D eigenvalue weighted by Gasteiger charge is -2.16. The topological polar surface area (TPSA) is 51.5 Å². The van der Waals surface area contributed by atoms with E-state index in [4.69, 9.17) is 4.74 Å². The molecule has 0 aliphatic carbocycles. The predicted octanol–water partition coefficient (Wildman–Crippen LogP) is 7.49. The Labute approximate surface area is 202 Å². The monoisotopic (exact) mass is 457 g/mol. The summed E-state index contributed by atoms with van der Waals surface area (Å²) in [5, 5.41) is 15.4. The van der Waals surface area contributed by atoms with Gasteiger partial charge in [0.05, 0.1) is 29.1 Å². The molecule has 0 saturated heterocycles. The second-order valence-electron chi connectivity index (χ2n) is 8.48. The molecule has 0 saturated carbocycles. The van der Waals surface area contributed by atoms with Crippen LogP contribution < -0.4 is 0 Å². The number of carbonyl (C=O) groups excluding carboxylic acids is 1. The van der Waals surface area contributed by atoms with E-state index in [0.29, 0.717) is 10.9 Å². The van der Waals surface area contributed by atoms with Gasteiger partial charge in [-0.25, -0.2) is 4.79 Å². The molecule has 5 aromatic carbocycles. The van der Waals surface area contributed by atoms with Crippen LogP contribution in [0.25, 0.3) is 49.4 Å². The molecule has 0 fully saturated rings. The lowest BCUT2D eigenvalue weighted by Crippen LogP contribution is -2.07. The smallest absolute Gasteiger partial charge is 0.340 e. The third-order valence-corrected chi connectivity index (χ3v) is 6.48. The number of hydrogen-bond acceptors (Lipinski definition) is 3. The number of hydrogen-bond donors (Lipinski definition) is 1. The summed E-state index contributed by atoms with van der Waals surface area (Å²) < 4.78 is 7.71. The SMILES string of the molecule is CCOC(=O)c1c(-c2ccccc2)n(-c2cccc3ccccc23)c2c1cc(O)c1ccccc12. The van der Waals surface area contributed by atoms with Gasteiger partial charge in [-0.15, -0.1) is 0 Å². The maximum absolute atomic E-state index is 13.5. The maximum Gasteiger partial charge on any atom is 0.340 e. The predicted molar refractivity (Wildman–Crippen MR) is 141 cm³/mol. The van der Waals surface area contributed by atoms with E-state index in [9.17, 15) is 9.90 Å². The second-order valence-corrected chi connectivity index (χ2v) is 8.48. The van der Waals surface area contributed by atoms with Crippen molar-refractivity contribution < 1.29 is 14.6 Å². The first-order valence-corrected chi connectivity index (χ1v) is 11.7. The van der Waals surface area contributed by atoms with Crippen LogP contribution >= 0.6 is 0 Å². The molecule has 4 heteroatoms. The summed E-state index contributed by atoms with van der Waals surface area (Å²) in [6, 6.07) is 33.7. The Kier molecular flexibility index (Phi) is 5.00. The third kappa shape index (κ3) is 3.26. The Balaban J connectivity index is 1.90. The molecule has 1 aromatic heterocycles. The van der Waals surface area contributed by atoms with E-state index in [1.54, 1.807) is 13.0 Å². The molecule has 0 radical (unpaired) electrons. The van der Waals surface area contributed by atoms with Gasteiger partial charge < -0.3 is 14.4 Å². The van der Waals surface area contributed by atoms with Crippen molar-refractivity contribution >= 4 is 38.4 Å². The molecule has 1 heterocycles. The van der Waals surface area contributed by atoms with Crippen molar-refractivity contribution in [3.8, 4) is 22.7 Å². The summed E-state index contributed by atoms with van der Waals surface area (Å²) in [4.78, 5) is 13.5. The van der Waals surface area contributed by atoms with E-state index in [2.05, 4.69) is 28.8 Å². The van der Waals surface area contributed by atoms with E-state index in [0.717, 1.165) is 44.0 Å². The minimum Gasteiger partial charge on any atom is -0.507 e. The quantitative estimate of drug-likeness (QED) is 0.279. The van der Waals surface area contributed by atoms with E-state index in [-0.39, 0.29) is 12.4 Å². The number of esters is 1. The normalized spacial score (nSPS) is 11.3. The van der Waals surface area contributed by atoms with Gasteiger partial charge in [-0.2, -0.15) is 0 Å². The summed E-state index contributed by atoms with van der Waals surface area (Å²) in [5.74, 6) is -0.279. The molecule has 1 N–H and O–H groups in total. The number of fused-ring (bicyclic) bond motifs is 4. The molecule has 35 heavy (non-hydrogen) atoms. The number of nitrogens with zero attached hydrogens (tertiary/aromatic N) is 1. The van der Waals surface area contributed by atoms with Gasteiger partial charge in [0.25, 0.3) is 0 Å². The zero-order valence-electron chi connectivity index (χ0n) is 19.2. The van der Waals surface area contributed by atoms with Gasteiger partial charge in [-0.3, -0.25) is 0 Å². The number of carbonyl (C=O) groups is 1. The van der Waals surface area contributed by atoms with Crippen molar-refractivity contribution in [1.29, 1.82) is 0 Å². The highest BCUT2D eigenvalue weighted by atomic mass is 16.5. The standard InChI is InChI=1S/C31H23NO3/c1-2-35-31(34)28-25-19-27(33)23-16-8-9-17-24(23)30(25)32(29(28)21-12-4-3-5-13-21)26-18-10-14-20-11-6-7-15-22(20)26/h3-19,33H,2H2,1H3. The Morgan fingerprint density at radius 2 is 1.43 bits per heavy atom. The number of rotatable bonds is 4. The van der Waals surface area contributed by atoms with Gasteiger partial charge in [0.1, 0.15) is 5.75 Å². The lowest BCUT2D eigenvalue weighted by atomic mass is 10.0. The molecular formula is C31H23NO3. The zero-order chi connectivity index (χ0) is 23.9. The van der Waals surface area contributed by atoms with Crippen molar-refractivity contribution in [2.24, 2.45) is 0 Å². The number of phenols is 1. The third-order valence-electron chi connectivity index (χ3n) is 6.48. The van der Waals surface area contributed by atoms with Crippen LogP contribution in [0.2, 0.25) is 0 Å². The van der Waals surface area contributed by atoms with E-state index in [1.165, 1.54) is 0 Å². The average Bonchev–Trinajstić information content (AvgIpc) is 3.24. The van der Waals surface area contributed by atoms with Crippen LogP contribution in [-0.2, 0) is 4.74 Å². The van der Waals surface area contributed by atoms with Gasteiger partial charge in [-0.05, 0) is 30.0 Å². The fourth-order valence-corrected chi connectivity index (χ4v) is 5.05. The van der Waals surface area contributed by atoms with Gasteiger partial charge in [0.2, 0.25) is 0 Å². The van der Waals surface area contributed by atoms with Crippen LogP contribution in [0.3, 0.4) is 0 Å². The molecule has 0 spiro atoms. The maximum atomic E-state index is 13.5. The van der Waals surface area contributed by atoms with Gasteiger partial charge in [-0.1, -0.05) is 91.0 Å². The van der Waals surface area contributed by atoms with Gasteiger partial charge >= 0.3 is 5.97 Å². The number of benzene rings is 5. The number of aromatic nitrogens is 1. The minimum absolute atomic E-state index is 0.133. The van der Waals surface area contributed by atoms with Crippen LogP contribution in [0, 0.1) is 0 Å². The van der Waals surface area contributed by atoms with Crippen molar-refractivity contribution in [3.63, 3.8) is 0 Å². The highest BCUT2D eigenvalue weighted by Crippen LogP contribution is 2.43. The summed E-state index contributed by atoms with van der Waals surface area (Å²) in [6.07, 6.45) is 0. The molecule has 4 nitrogen and oxygen atoms in total. The zero-order valence-corrected chi connectivity index (χ0v) is 19.2. The Hall–Kier alpha value is -4.57. The Morgan fingerprint density at radius 3 is 2.20 bits per heavy atom.